The van der Waals surface area contributed by atoms with Crippen molar-refractivity contribution < 1.29 is 0 Å². The number of hydrogen-bond donors (Lipinski definition) is 1. The van der Waals surface area contributed by atoms with Crippen LogP contribution in [-0.2, 0) is 5.54 Å². The lowest BCUT2D eigenvalue weighted by molar-refractivity contribution is 0.221. The normalized spacial score (nSPS) is 30.1. The largest absolute Gasteiger partial charge is 0.303 e. The zero-order valence-corrected chi connectivity index (χ0v) is 11.3. The van der Waals surface area contributed by atoms with Gasteiger partial charge in [-0.05, 0) is 32.6 Å². The molecule has 0 aliphatic heterocycles. The summed E-state index contributed by atoms with van der Waals surface area (Å²) in [6.45, 7) is 6.78. The van der Waals surface area contributed by atoms with Crippen LogP contribution in [0.1, 0.15) is 51.5 Å². The minimum atomic E-state index is 0.164. The first-order valence-electron chi connectivity index (χ1n) is 6.36. The van der Waals surface area contributed by atoms with Crippen molar-refractivity contribution in [2.45, 2.75) is 58.0 Å². The quantitative estimate of drug-likeness (QED) is 0.867. The van der Waals surface area contributed by atoms with Gasteiger partial charge >= 0.3 is 0 Å². The van der Waals surface area contributed by atoms with Crippen LogP contribution in [-0.4, -0.2) is 11.0 Å². The number of aromatic nitrogens is 1. The molecule has 0 saturated heterocycles. The van der Waals surface area contributed by atoms with Gasteiger partial charge in [0.25, 0.3) is 0 Å². The van der Waals surface area contributed by atoms with E-state index in [9.17, 15) is 0 Å². The second kappa shape index (κ2) is 4.84. The SMILES string of the molecule is CCC1CCCC1(NC(C)C)c1nccs1. The van der Waals surface area contributed by atoms with Crippen LogP contribution in [0.4, 0.5) is 0 Å². The number of rotatable bonds is 4. The van der Waals surface area contributed by atoms with Crippen LogP contribution in [0.3, 0.4) is 0 Å². The van der Waals surface area contributed by atoms with Crippen molar-refractivity contribution >= 4 is 11.3 Å². The fourth-order valence-corrected chi connectivity index (χ4v) is 4.03. The molecular formula is C13H22N2S. The molecular weight excluding hydrogens is 216 g/mol. The lowest BCUT2D eigenvalue weighted by Gasteiger charge is -2.36. The van der Waals surface area contributed by atoms with E-state index in [4.69, 9.17) is 0 Å². The summed E-state index contributed by atoms with van der Waals surface area (Å²) in [5.41, 5.74) is 0.164. The fourth-order valence-electron chi connectivity index (χ4n) is 3.12. The Labute approximate surface area is 102 Å². The highest BCUT2D eigenvalue weighted by Crippen LogP contribution is 2.46. The van der Waals surface area contributed by atoms with E-state index >= 15 is 0 Å². The average Bonchev–Trinajstić information content (AvgIpc) is 2.84. The number of hydrogen-bond acceptors (Lipinski definition) is 3. The molecule has 0 radical (unpaired) electrons. The Balaban J connectivity index is 2.32. The van der Waals surface area contributed by atoms with Crippen molar-refractivity contribution in [1.82, 2.24) is 10.3 Å². The lowest BCUT2D eigenvalue weighted by atomic mass is 9.85. The second-order valence-electron chi connectivity index (χ2n) is 5.11. The Kier molecular flexibility index (Phi) is 3.65. The molecule has 2 atom stereocenters. The molecule has 0 spiro atoms. The van der Waals surface area contributed by atoms with Crippen molar-refractivity contribution in [1.29, 1.82) is 0 Å². The first kappa shape index (κ1) is 12.1. The summed E-state index contributed by atoms with van der Waals surface area (Å²) >= 11 is 1.81. The van der Waals surface area contributed by atoms with Gasteiger partial charge in [-0.3, -0.25) is 0 Å². The van der Waals surface area contributed by atoms with Gasteiger partial charge in [0.15, 0.2) is 0 Å². The van der Waals surface area contributed by atoms with Crippen LogP contribution in [0.15, 0.2) is 11.6 Å². The van der Waals surface area contributed by atoms with Crippen LogP contribution in [0.5, 0.6) is 0 Å². The van der Waals surface area contributed by atoms with E-state index in [1.165, 1.54) is 30.7 Å². The molecule has 2 nitrogen and oxygen atoms in total. The molecule has 1 heterocycles. The minimum Gasteiger partial charge on any atom is -0.303 e. The number of nitrogens with zero attached hydrogens (tertiary/aromatic N) is 1. The third-order valence-corrected chi connectivity index (χ3v) is 4.62. The summed E-state index contributed by atoms with van der Waals surface area (Å²) in [5.74, 6) is 0.751. The third-order valence-electron chi connectivity index (χ3n) is 3.67. The molecule has 2 unspecified atom stereocenters. The molecule has 3 heteroatoms. The zero-order chi connectivity index (χ0) is 11.6. The van der Waals surface area contributed by atoms with Gasteiger partial charge in [0, 0.05) is 17.6 Å². The number of thiazole rings is 1. The van der Waals surface area contributed by atoms with Crippen molar-refractivity contribution in [3.05, 3.63) is 16.6 Å². The van der Waals surface area contributed by atoms with Gasteiger partial charge in [0.2, 0.25) is 0 Å². The van der Waals surface area contributed by atoms with Gasteiger partial charge in [0.1, 0.15) is 5.01 Å². The van der Waals surface area contributed by atoms with E-state index in [1.54, 1.807) is 11.3 Å². The molecule has 1 aliphatic rings. The van der Waals surface area contributed by atoms with E-state index in [1.807, 2.05) is 6.20 Å². The summed E-state index contributed by atoms with van der Waals surface area (Å²) < 4.78 is 0. The molecule has 0 aromatic carbocycles. The Morgan fingerprint density at radius 2 is 2.44 bits per heavy atom. The summed E-state index contributed by atoms with van der Waals surface area (Å²) in [5, 5.41) is 7.20. The molecule has 0 bridgehead atoms. The van der Waals surface area contributed by atoms with Gasteiger partial charge in [-0.1, -0.05) is 19.8 Å². The molecule has 1 aromatic heterocycles. The Bertz CT molecular complexity index is 321. The van der Waals surface area contributed by atoms with Gasteiger partial charge < -0.3 is 5.32 Å². The Hall–Kier alpha value is -0.410. The molecule has 1 fully saturated rings. The highest BCUT2D eigenvalue weighted by Gasteiger charge is 2.45. The predicted molar refractivity (Wildman–Crippen MR) is 69.7 cm³/mol. The van der Waals surface area contributed by atoms with Crippen LogP contribution >= 0.6 is 11.3 Å². The monoisotopic (exact) mass is 238 g/mol. The van der Waals surface area contributed by atoms with Crippen molar-refractivity contribution in [2.24, 2.45) is 5.92 Å². The maximum atomic E-state index is 4.58. The zero-order valence-electron chi connectivity index (χ0n) is 10.5. The summed E-state index contributed by atoms with van der Waals surface area (Å²) in [6, 6.07) is 0.524. The molecule has 90 valence electrons. The molecule has 1 N–H and O–H groups in total. The molecule has 0 amide bonds. The van der Waals surface area contributed by atoms with Gasteiger partial charge in [-0.25, -0.2) is 4.98 Å². The first-order valence-corrected chi connectivity index (χ1v) is 7.24. The molecule has 1 saturated carbocycles. The molecule has 16 heavy (non-hydrogen) atoms. The summed E-state index contributed by atoms with van der Waals surface area (Å²) in [7, 11) is 0. The van der Waals surface area contributed by atoms with E-state index in [-0.39, 0.29) is 5.54 Å². The van der Waals surface area contributed by atoms with E-state index in [0.717, 1.165) is 5.92 Å². The third kappa shape index (κ3) is 2.03. The van der Waals surface area contributed by atoms with Crippen molar-refractivity contribution in [3.8, 4) is 0 Å². The number of nitrogens with one attached hydrogen (secondary N) is 1. The lowest BCUT2D eigenvalue weighted by Crippen LogP contribution is -2.48. The van der Waals surface area contributed by atoms with Crippen LogP contribution < -0.4 is 5.32 Å². The topological polar surface area (TPSA) is 24.9 Å². The first-order chi connectivity index (χ1) is 7.69. The van der Waals surface area contributed by atoms with E-state index in [0.29, 0.717) is 6.04 Å². The minimum absolute atomic E-state index is 0.164. The van der Waals surface area contributed by atoms with Crippen LogP contribution in [0, 0.1) is 5.92 Å². The van der Waals surface area contributed by atoms with Gasteiger partial charge in [0.05, 0.1) is 5.54 Å². The van der Waals surface area contributed by atoms with Crippen LogP contribution in [0.2, 0.25) is 0 Å². The molecule has 1 aliphatic carbocycles. The molecule has 1 aromatic rings. The van der Waals surface area contributed by atoms with Crippen LogP contribution in [0.25, 0.3) is 0 Å². The highest BCUT2D eigenvalue weighted by atomic mass is 32.1. The van der Waals surface area contributed by atoms with Gasteiger partial charge in [-0.2, -0.15) is 0 Å². The molecule has 2 rings (SSSR count). The highest BCUT2D eigenvalue weighted by molar-refractivity contribution is 7.09. The Morgan fingerprint density at radius 1 is 1.62 bits per heavy atom. The van der Waals surface area contributed by atoms with E-state index in [2.05, 4.69) is 36.5 Å². The van der Waals surface area contributed by atoms with Crippen molar-refractivity contribution in [2.75, 3.05) is 0 Å². The summed E-state index contributed by atoms with van der Waals surface area (Å²) in [4.78, 5) is 4.58. The maximum Gasteiger partial charge on any atom is 0.113 e. The Morgan fingerprint density at radius 3 is 3.00 bits per heavy atom. The summed E-state index contributed by atoms with van der Waals surface area (Å²) in [6.07, 6.45) is 7.11. The van der Waals surface area contributed by atoms with Gasteiger partial charge in [-0.15, -0.1) is 11.3 Å². The smallest absolute Gasteiger partial charge is 0.113 e. The standard InChI is InChI=1S/C13H22N2S/c1-4-11-6-5-7-13(11,15-10(2)3)12-14-8-9-16-12/h8-11,15H,4-7H2,1-3H3. The maximum absolute atomic E-state index is 4.58. The average molecular weight is 238 g/mol. The second-order valence-corrected chi connectivity index (χ2v) is 6.00. The fraction of sp³-hybridized carbons (Fsp3) is 0.769. The predicted octanol–water partition coefficient (Wildman–Crippen LogP) is 3.55. The van der Waals surface area contributed by atoms with E-state index < -0.39 is 0 Å². The van der Waals surface area contributed by atoms with Crippen molar-refractivity contribution in [3.63, 3.8) is 0 Å².